The molecule has 0 amide bonds. The minimum absolute atomic E-state index is 0.143. The first kappa shape index (κ1) is 8.23. The number of aromatic nitrogens is 3. The summed E-state index contributed by atoms with van der Waals surface area (Å²) in [6.07, 6.45) is 3.57. The van der Waals surface area contributed by atoms with Crippen molar-refractivity contribution in [2.45, 2.75) is 26.2 Å². The number of hydrogen-bond donors (Lipinski definition) is 0. The van der Waals surface area contributed by atoms with Gasteiger partial charge in [0.15, 0.2) is 0 Å². The molecule has 68 valence electrons. The van der Waals surface area contributed by atoms with E-state index < -0.39 is 0 Å². The van der Waals surface area contributed by atoms with Crippen LogP contribution < -0.4 is 0 Å². The van der Waals surface area contributed by atoms with Crippen LogP contribution in [-0.4, -0.2) is 14.8 Å². The van der Waals surface area contributed by atoms with Gasteiger partial charge in [-0.3, -0.25) is 0 Å². The Balaban J connectivity index is 2.75. The molecule has 0 aliphatic rings. The Morgan fingerprint density at radius 1 is 1.08 bits per heavy atom. The van der Waals surface area contributed by atoms with E-state index in [-0.39, 0.29) is 5.41 Å². The molecule has 0 N–H and O–H groups in total. The fourth-order valence-corrected chi connectivity index (χ4v) is 1.48. The van der Waals surface area contributed by atoms with E-state index in [1.54, 1.807) is 17.0 Å². The molecule has 0 saturated heterocycles. The van der Waals surface area contributed by atoms with Gasteiger partial charge in [0.05, 0.1) is 11.7 Å². The third kappa shape index (κ3) is 1.30. The fourth-order valence-electron chi connectivity index (χ4n) is 1.48. The maximum Gasteiger partial charge on any atom is 0.0910 e. The van der Waals surface area contributed by atoms with E-state index in [9.17, 15) is 0 Å². The average Bonchev–Trinajstić information content (AvgIpc) is 2.48. The Labute approximate surface area is 77.4 Å². The van der Waals surface area contributed by atoms with Crippen LogP contribution in [0, 0.1) is 0 Å². The van der Waals surface area contributed by atoms with Gasteiger partial charge in [-0.05, 0) is 23.1 Å². The van der Waals surface area contributed by atoms with Crippen LogP contribution in [0.4, 0.5) is 0 Å². The monoisotopic (exact) mass is 175 g/mol. The standard InChI is InChI=1S/C10H13N3/c1-10(2,3)8-4-6-11-13-9(8)5-7-12-13/h4-7H,1-3H3. The Morgan fingerprint density at radius 2 is 1.69 bits per heavy atom. The van der Waals surface area contributed by atoms with Crippen molar-refractivity contribution in [1.29, 1.82) is 0 Å². The molecule has 0 spiro atoms. The number of nitrogens with zero attached hydrogens (tertiary/aromatic N) is 3. The average molecular weight is 175 g/mol. The smallest absolute Gasteiger partial charge is 0.0910 e. The maximum atomic E-state index is 4.12. The van der Waals surface area contributed by atoms with Gasteiger partial charge in [0, 0.05) is 6.20 Å². The van der Waals surface area contributed by atoms with Gasteiger partial charge in [-0.1, -0.05) is 20.8 Å². The van der Waals surface area contributed by atoms with Gasteiger partial charge in [0.1, 0.15) is 0 Å². The van der Waals surface area contributed by atoms with Crippen molar-refractivity contribution in [1.82, 2.24) is 14.8 Å². The van der Waals surface area contributed by atoms with Gasteiger partial charge >= 0.3 is 0 Å². The summed E-state index contributed by atoms with van der Waals surface area (Å²) in [5.74, 6) is 0. The molecular weight excluding hydrogens is 162 g/mol. The topological polar surface area (TPSA) is 30.2 Å². The summed E-state index contributed by atoms with van der Waals surface area (Å²) >= 11 is 0. The van der Waals surface area contributed by atoms with Crippen LogP contribution >= 0.6 is 0 Å². The molecular formula is C10H13N3. The third-order valence-electron chi connectivity index (χ3n) is 2.13. The molecule has 2 aromatic heterocycles. The van der Waals surface area contributed by atoms with E-state index >= 15 is 0 Å². The Hall–Kier alpha value is -1.38. The molecule has 0 aliphatic heterocycles. The minimum Gasteiger partial charge on any atom is -0.159 e. The first-order valence-corrected chi connectivity index (χ1v) is 4.38. The molecule has 3 heteroatoms. The Bertz CT molecular complexity index is 423. The minimum atomic E-state index is 0.143. The number of fused-ring (bicyclic) bond motifs is 1. The summed E-state index contributed by atoms with van der Waals surface area (Å²) in [7, 11) is 0. The van der Waals surface area contributed by atoms with Crippen molar-refractivity contribution in [2.24, 2.45) is 0 Å². The van der Waals surface area contributed by atoms with E-state index in [1.165, 1.54) is 5.56 Å². The quantitative estimate of drug-likeness (QED) is 0.613. The zero-order chi connectivity index (χ0) is 9.47. The highest BCUT2D eigenvalue weighted by molar-refractivity contribution is 5.55. The molecule has 0 fully saturated rings. The molecule has 0 unspecified atom stereocenters. The molecule has 0 saturated carbocycles. The molecule has 13 heavy (non-hydrogen) atoms. The van der Waals surface area contributed by atoms with Gasteiger partial charge in [-0.2, -0.15) is 14.8 Å². The second-order valence-electron chi connectivity index (χ2n) is 4.20. The summed E-state index contributed by atoms with van der Waals surface area (Å²) in [4.78, 5) is 0. The van der Waals surface area contributed by atoms with Gasteiger partial charge in [0.2, 0.25) is 0 Å². The zero-order valence-electron chi connectivity index (χ0n) is 8.15. The number of rotatable bonds is 0. The summed E-state index contributed by atoms with van der Waals surface area (Å²) < 4.78 is 1.67. The fraction of sp³-hybridized carbons (Fsp3) is 0.400. The zero-order valence-corrected chi connectivity index (χ0v) is 8.15. The Kier molecular flexibility index (Phi) is 1.62. The number of hydrogen-bond acceptors (Lipinski definition) is 2. The van der Waals surface area contributed by atoms with Crippen molar-refractivity contribution in [3.8, 4) is 0 Å². The molecule has 0 radical (unpaired) electrons. The van der Waals surface area contributed by atoms with Gasteiger partial charge in [-0.25, -0.2) is 0 Å². The van der Waals surface area contributed by atoms with Crippen LogP contribution in [0.2, 0.25) is 0 Å². The van der Waals surface area contributed by atoms with Crippen molar-refractivity contribution < 1.29 is 0 Å². The molecule has 0 bridgehead atoms. The summed E-state index contributed by atoms with van der Waals surface area (Å²) in [6, 6.07) is 4.05. The van der Waals surface area contributed by atoms with E-state index in [1.807, 2.05) is 6.07 Å². The SMILES string of the molecule is CC(C)(C)c1ccnn2nccc12. The normalized spacial score (nSPS) is 12.2. The molecule has 0 aliphatic carbocycles. The molecule has 0 atom stereocenters. The third-order valence-corrected chi connectivity index (χ3v) is 2.13. The summed E-state index contributed by atoms with van der Waals surface area (Å²) in [5, 5.41) is 8.22. The first-order valence-electron chi connectivity index (χ1n) is 4.38. The lowest BCUT2D eigenvalue weighted by atomic mass is 9.87. The van der Waals surface area contributed by atoms with Crippen molar-refractivity contribution >= 4 is 5.52 Å². The molecule has 0 aromatic carbocycles. The van der Waals surface area contributed by atoms with Gasteiger partial charge in [0.25, 0.3) is 0 Å². The highest BCUT2D eigenvalue weighted by Gasteiger charge is 2.17. The Morgan fingerprint density at radius 3 is 2.31 bits per heavy atom. The lowest BCUT2D eigenvalue weighted by molar-refractivity contribution is 0.587. The highest BCUT2D eigenvalue weighted by Crippen LogP contribution is 2.25. The van der Waals surface area contributed by atoms with E-state index in [2.05, 4.69) is 37.0 Å². The van der Waals surface area contributed by atoms with Gasteiger partial charge in [-0.15, -0.1) is 0 Å². The predicted molar refractivity (Wildman–Crippen MR) is 51.7 cm³/mol. The lowest BCUT2D eigenvalue weighted by Gasteiger charge is -2.19. The first-order chi connectivity index (χ1) is 6.09. The summed E-state index contributed by atoms with van der Waals surface area (Å²) in [5.41, 5.74) is 2.51. The van der Waals surface area contributed by atoms with Gasteiger partial charge < -0.3 is 0 Å². The van der Waals surface area contributed by atoms with Crippen LogP contribution in [0.1, 0.15) is 26.3 Å². The van der Waals surface area contributed by atoms with Crippen LogP contribution in [0.3, 0.4) is 0 Å². The molecule has 3 nitrogen and oxygen atoms in total. The largest absolute Gasteiger partial charge is 0.159 e. The second-order valence-corrected chi connectivity index (χ2v) is 4.20. The second kappa shape index (κ2) is 2.55. The van der Waals surface area contributed by atoms with Crippen LogP contribution in [0.5, 0.6) is 0 Å². The van der Waals surface area contributed by atoms with Crippen molar-refractivity contribution in [3.63, 3.8) is 0 Å². The van der Waals surface area contributed by atoms with E-state index in [4.69, 9.17) is 0 Å². The van der Waals surface area contributed by atoms with E-state index in [0.717, 1.165) is 5.52 Å². The van der Waals surface area contributed by atoms with E-state index in [0.29, 0.717) is 0 Å². The molecule has 2 rings (SSSR count). The van der Waals surface area contributed by atoms with Crippen LogP contribution in [0.25, 0.3) is 5.52 Å². The summed E-state index contributed by atoms with van der Waals surface area (Å²) in [6.45, 7) is 6.57. The van der Waals surface area contributed by atoms with Crippen molar-refractivity contribution in [2.75, 3.05) is 0 Å². The van der Waals surface area contributed by atoms with Crippen molar-refractivity contribution in [3.05, 3.63) is 30.1 Å². The molecule has 2 aromatic rings. The highest BCUT2D eigenvalue weighted by atomic mass is 15.4. The van der Waals surface area contributed by atoms with Crippen LogP contribution in [0.15, 0.2) is 24.5 Å². The predicted octanol–water partition coefficient (Wildman–Crippen LogP) is 2.03. The van der Waals surface area contributed by atoms with Crippen LogP contribution in [-0.2, 0) is 5.41 Å². The molecule has 2 heterocycles. The lowest BCUT2D eigenvalue weighted by Crippen LogP contribution is -2.13. The maximum absolute atomic E-state index is 4.12.